The van der Waals surface area contributed by atoms with Crippen molar-refractivity contribution in [2.75, 3.05) is 46.9 Å². The number of aryl methyl sites for hydroxylation is 1. The van der Waals surface area contributed by atoms with Gasteiger partial charge in [0.2, 0.25) is 0 Å². The van der Waals surface area contributed by atoms with Gasteiger partial charge in [0.1, 0.15) is 5.75 Å². The van der Waals surface area contributed by atoms with Gasteiger partial charge in [-0.25, -0.2) is 9.59 Å². The topological polar surface area (TPSA) is 91.4 Å². The Hall–Kier alpha value is -3.85. The number of likely N-dealkylation sites (N-methyl/N-ethyl adjacent to an activating group) is 1. The van der Waals surface area contributed by atoms with Crippen molar-refractivity contribution in [2.24, 2.45) is 0 Å². The van der Waals surface area contributed by atoms with E-state index in [2.05, 4.69) is 10.2 Å². The summed E-state index contributed by atoms with van der Waals surface area (Å²) in [5.41, 5.74) is 3.57. The molecule has 9 nitrogen and oxygen atoms in total. The first-order chi connectivity index (χ1) is 18.2. The van der Waals surface area contributed by atoms with Gasteiger partial charge in [-0.05, 0) is 50.6 Å². The quantitative estimate of drug-likeness (QED) is 0.563. The van der Waals surface area contributed by atoms with Gasteiger partial charge in [-0.2, -0.15) is 0 Å². The first-order valence-electron chi connectivity index (χ1n) is 12.9. The molecule has 0 radical (unpaired) electrons. The van der Waals surface area contributed by atoms with E-state index in [9.17, 15) is 14.4 Å². The van der Waals surface area contributed by atoms with E-state index in [1.807, 2.05) is 43.0 Å². The normalized spacial score (nSPS) is 20.3. The molecule has 1 N–H and O–H groups in total. The van der Waals surface area contributed by atoms with Crippen molar-refractivity contribution in [2.45, 2.75) is 32.9 Å². The fourth-order valence-corrected chi connectivity index (χ4v) is 5.00. The highest BCUT2D eigenvalue weighted by Gasteiger charge is 2.38. The second-order valence-electron chi connectivity index (χ2n) is 9.74. The van der Waals surface area contributed by atoms with Gasteiger partial charge in [0.25, 0.3) is 5.91 Å². The monoisotopic (exact) mass is 520 g/mol. The van der Waals surface area contributed by atoms with Gasteiger partial charge in [-0.3, -0.25) is 14.6 Å². The highest BCUT2D eigenvalue weighted by atomic mass is 16.5. The van der Waals surface area contributed by atoms with Crippen LogP contribution in [0.5, 0.6) is 5.75 Å². The number of carbonyl (C=O) groups excluding carboxylic acids is 3. The number of nitrogens with zero attached hydrogens (tertiary/aromatic N) is 3. The number of benzene rings is 2. The molecule has 0 saturated carbocycles. The van der Waals surface area contributed by atoms with Crippen molar-refractivity contribution in [3.05, 3.63) is 76.5 Å². The van der Waals surface area contributed by atoms with Crippen LogP contribution in [-0.4, -0.2) is 85.6 Å². The van der Waals surface area contributed by atoms with E-state index in [-0.39, 0.29) is 24.6 Å². The third-order valence-corrected chi connectivity index (χ3v) is 7.17. The fourth-order valence-electron chi connectivity index (χ4n) is 5.00. The molecule has 4 rings (SSSR count). The molecule has 2 aromatic carbocycles. The number of carbonyl (C=O) groups is 3. The standard InChI is InChI=1S/C29H36N4O5/c1-6-38-28(35)25-24(31(4)29(36)30-26(25)21-9-7-19(2)8-10-21)18-32-15-16-33(20(3)17-32)27(34)22-11-13-23(37-5)14-12-22/h7-14,20,26H,6,15-18H2,1-5H3,(H,30,36). The van der Waals surface area contributed by atoms with Crippen LogP contribution in [0.15, 0.2) is 59.8 Å². The molecule has 1 saturated heterocycles. The number of methoxy groups -OCH3 is 1. The molecule has 2 atom stereocenters. The second-order valence-corrected chi connectivity index (χ2v) is 9.74. The lowest BCUT2D eigenvalue weighted by Gasteiger charge is -2.42. The molecule has 0 bridgehead atoms. The fraction of sp³-hybridized carbons (Fsp3) is 0.414. The lowest BCUT2D eigenvalue weighted by molar-refractivity contribution is -0.139. The number of rotatable bonds is 7. The molecule has 202 valence electrons. The Kier molecular flexibility index (Phi) is 8.36. The van der Waals surface area contributed by atoms with E-state index in [1.54, 1.807) is 45.3 Å². The van der Waals surface area contributed by atoms with Crippen LogP contribution in [0.1, 0.15) is 41.4 Å². The second kappa shape index (κ2) is 11.7. The van der Waals surface area contributed by atoms with E-state index in [0.29, 0.717) is 48.8 Å². The summed E-state index contributed by atoms with van der Waals surface area (Å²) in [6.07, 6.45) is 0. The predicted molar refractivity (Wildman–Crippen MR) is 144 cm³/mol. The van der Waals surface area contributed by atoms with Crippen LogP contribution < -0.4 is 10.1 Å². The van der Waals surface area contributed by atoms with E-state index in [1.165, 1.54) is 4.90 Å². The summed E-state index contributed by atoms with van der Waals surface area (Å²) in [5.74, 6) is 0.232. The minimum Gasteiger partial charge on any atom is -0.497 e. The molecule has 2 unspecified atom stereocenters. The number of urea groups is 1. The van der Waals surface area contributed by atoms with E-state index >= 15 is 0 Å². The number of esters is 1. The Balaban J connectivity index is 1.57. The lowest BCUT2D eigenvalue weighted by atomic mass is 9.93. The smallest absolute Gasteiger partial charge is 0.338 e. The molecule has 3 amide bonds. The average Bonchev–Trinajstić information content (AvgIpc) is 2.91. The summed E-state index contributed by atoms with van der Waals surface area (Å²) in [4.78, 5) is 44.9. The number of hydrogen-bond donors (Lipinski definition) is 1. The molecule has 2 aliphatic rings. The van der Waals surface area contributed by atoms with Crippen molar-refractivity contribution in [1.29, 1.82) is 0 Å². The maximum absolute atomic E-state index is 13.2. The van der Waals surface area contributed by atoms with Crippen molar-refractivity contribution < 1.29 is 23.9 Å². The summed E-state index contributed by atoms with van der Waals surface area (Å²) in [6, 6.07) is 13.9. The number of nitrogens with one attached hydrogen (secondary N) is 1. The first-order valence-corrected chi connectivity index (χ1v) is 12.9. The molecule has 0 aromatic heterocycles. The third kappa shape index (κ3) is 5.67. The Morgan fingerprint density at radius 2 is 1.74 bits per heavy atom. The van der Waals surface area contributed by atoms with Crippen molar-refractivity contribution in [3.63, 3.8) is 0 Å². The van der Waals surface area contributed by atoms with Gasteiger partial charge >= 0.3 is 12.0 Å². The summed E-state index contributed by atoms with van der Waals surface area (Å²) < 4.78 is 10.6. The Morgan fingerprint density at radius 1 is 1.05 bits per heavy atom. The zero-order chi connectivity index (χ0) is 27.4. The van der Waals surface area contributed by atoms with E-state index in [4.69, 9.17) is 9.47 Å². The van der Waals surface area contributed by atoms with Crippen LogP contribution in [0, 0.1) is 6.92 Å². The lowest BCUT2D eigenvalue weighted by Crippen LogP contribution is -2.56. The number of amides is 3. The molecular weight excluding hydrogens is 484 g/mol. The van der Waals surface area contributed by atoms with Crippen molar-refractivity contribution >= 4 is 17.9 Å². The van der Waals surface area contributed by atoms with Gasteiger partial charge in [0, 0.05) is 50.5 Å². The summed E-state index contributed by atoms with van der Waals surface area (Å²) >= 11 is 0. The predicted octanol–water partition coefficient (Wildman–Crippen LogP) is 3.36. The molecule has 0 aliphatic carbocycles. The van der Waals surface area contributed by atoms with Crippen LogP contribution in [0.25, 0.3) is 0 Å². The first kappa shape index (κ1) is 27.2. The zero-order valence-electron chi connectivity index (χ0n) is 22.7. The van der Waals surface area contributed by atoms with E-state index in [0.717, 1.165) is 11.1 Å². The molecule has 0 spiro atoms. The molecule has 38 heavy (non-hydrogen) atoms. The maximum Gasteiger partial charge on any atom is 0.338 e. The van der Waals surface area contributed by atoms with Crippen LogP contribution in [0.4, 0.5) is 4.79 Å². The van der Waals surface area contributed by atoms with Gasteiger partial charge < -0.3 is 19.7 Å². The molecule has 2 aromatic rings. The number of piperazine rings is 1. The van der Waals surface area contributed by atoms with Crippen LogP contribution in [0.2, 0.25) is 0 Å². The van der Waals surface area contributed by atoms with Crippen molar-refractivity contribution in [1.82, 2.24) is 20.0 Å². The average molecular weight is 521 g/mol. The minimum absolute atomic E-state index is 0.0279. The molecule has 1 fully saturated rings. The van der Waals surface area contributed by atoms with Gasteiger partial charge in [0.05, 0.1) is 25.3 Å². The largest absolute Gasteiger partial charge is 0.497 e. The summed E-state index contributed by atoms with van der Waals surface area (Å²) in [7, 11) is 3.26. The van der Waals surface area contributed by atoms with Crippen LogP contribution in [-0.2, 0) is 9.53 Å². The highest BCUT2D eigenvalue weighted by molar-refractivity contribution is 5.95. The van der Waals surface area contributed by atoms with E-state index < -0.39 is 12.0 Å². The highest BCUT2D eigenvalue weighted by Crippen LogP contribution is 2.32. The van der Waals surface area contributed by atoms with Crippen LogP contribution in [0.3, 0.4) is 0 Å². The maximum atomic E-state index is 13.2. The number of ether oxygens (including phenoxy) is 2. The van der Waals surface area contributed by atoms with Crippen molar-refractivity contribution in [3.8, 4) is 5.75 Å². The summed E-state index contributed by atoms with van der Waals surface area (Å²) in [5, 5.41) is 2.96. The zero-order valence-corrected chi connectivity index (χ0v) is 22.7. The van der Waals surface area contributed by atoms with Gasteiger partial charge in [-0.1, -0.05) is 29.8 Å². The molecule has 2 aliphatic heterocycles. The molecular formula is C29H36N4O5. The Labute approximate surface area is 224 Å². The Bertz CT molecular complexity index is 1210. The van der Waals surface area contributed by atoms with Crippen LogP contribution >= 0.6 is 0 Å². The molecule has 9 heteroatoms. The van der Waals surface area contributed by atoms with Gasteiger partial charge in [0.15, 0.2) is 0 Å². The Morgan fingerprint density at radius 3 is 2.34 bits per heavy atom. The minimum atomic E-state index is -0.608. The summed E-state index contributed by atoms with van der Waals surface area (Å²) in [6.45, 7) is 8.14. The third-order valence-electron chi connectivity index (χ3n) is 7.17. The molecule has 2 heterocycles. The van der Waals surface area contributed by atoms with Gasteiger partial charge in [-0.15, -0.1) is 0 Å². The number of hydrogen-bond acceptors (Lipinski definition) is 6. The SMILES string of the molecule is CCOC(=O)C1=C(CN2CCN(C(=O)c3ccc(OC)cc3)C(C)C2)N(C)C(=O)NC1c1ccc(C)cc1.